The molecule has 0 radical (unpaired) electrons. The van der Waals surface area contributed by atoms with Crippen LogP contribution >= 0.6 is 39.9 Å². The van der Waals surface area contributed by atoms with Crippen LogP contribution in [0.5, 0.6) is 11.5 Å². The van der Waals surface area contributed by atoms with Crippen LogP contribution in [-0.2, 0) is 6.54 Å². The Balaban J connectivity index is 0.00000392. The van der Waals surface area contributed by atoms with E-state index in [-0.39, 0.29) is 24.0 Å². The number of likely N-dealkylation sites (tertiary alicyclic amines) is 1. The Kier molecular flexibility index (Phi) is 12.2. The molecule has 1 heterocycles. The van der Waals surface area contributed by atoms with E-state index < -0.39 is 0 Å². The van der Waals surface area contributed by atoms with Crippen LogP contribution < -0.4 is 20.1 Å². The van der Waals surface area contributed by atoms with E-state index in [0.717, 1.165) is 48.5 Å². The molecule has 0 aromatic heterocycles. The van der Waals surface area contributed by atoms with E-state index in [1.165, 1.54) is 13.0 Å². The minimum absolute atomic E-state index is 0. The van der Waals surface area contributed by atoms with Crippen LogP contribution in [-0.4, -0.2) is 57.3 Å². The number of piperidine rings is 1. The van der Waals surface area contributed by atoms with Crippen molar-refractivity contribution in [1.82, 2.24) is 15.5 Å². The first-order chi connectivity index (χ1) is 13.1. The standard InChI is InChI=1S/C20H33BrN4O2.HI/c1-5-9-25-10-7-16(8-11-25)24-20(22-6-2)23-14-15-12-17(21)19(27-4)18(13-15)26-3;/h12-13,16H,5-11,14H2,1-4H3,(H2,22,23,24);1H. The maximum atomic E-state index is 5.42. The average molecular weight is 569 g/mol. The van der Waals surface area contributed by atoms with Gasteiger partial charge in [-0.15, -0.1) is 24.0 Å². The molecule has 0 unspecified atom stereocenters. The molecule has 8 heteroatoms. The normalized spacial score (nSPS) is 15.7. The lowest BCUT2D eigenvalue weighted by Gasteiger charge is -2.32. The van der Waals surface area contributed by atoms with Crippen molar-refractivity contribution in [3.05, 3.63) is 22.2 Å². The van der Waals surface area contributed by atoms with Gasteiger partial charge in [-0.3, -0.25) is 0 Å². The molecule has 0 saturated carbocycles. The fourth-order valence-corrected chi connectivity index (χ4v) is 4.01. The molecule has 2 rings (SSSR count). The van der Waals surface area contributed by atoms with Gasteiger partial charge in [0.25, 0.3) is 0 Å². The topological polar surface area (TPSA) is 58.1 Å². The van der Waals surface area contributed by atoms with Crippen LogP contribution in [0.25, 0.3) is 0 Å². The van der Waals surface area contributed by atoms with Crippen LogP contribution in [0.1, 0.15) is 38.7 Å². The highest BCUT2D eigenvalue weighted by Gasteiger charge is 2.19. The molecular weight excluding hydrogens is 535 g/mol. The summed E-state index contributed by atoms with van der Waals surface area (Å²) >= 11 is 3.55. The Labute approximate surface area is 195 Å². The highest BCUT2D eigenvalue weighted by Crippen LogP contribution is 2.36. The van der Waals surface area contributed by atoms with E-state index in [0.29, 0.717) is 24.1 Å². The fraction of sp³-hybridized carbons (Fsp3) is 0.650. The van der Waals surface area contributed by atoms with Crippen molar-refractivity contribution in [2.75, 3.05) is 40.4 Å². The third-order valence-corrected chi connectivity index (χ3v) is 5.31. The Bertz CT molecular complexity index is 622. The number of aliphatic imine (C=N–C) groups is 1. The summed E-state index contributed by atoms with van der Waals surface area (Å²) in [5, 5.41) is 6.96. The number of hydrogen-bond donors (Lipinski definition) is 2. The number of methoxy groups -OCH3 is 2. The van der Waals surface area contributed by atoms with Crippen LogP contribution in [0.4, 0.5) is 0 Å². The third-order valence-electron chi connectivity index (χ3n) is 4.73. The molecule has 1 aliphatic heterocycles. The van der Waals surface area contributed by atoms with Gasteiger partial charge in [0.2, 0.25) is 0 Å². The van der Waals surface area contributed by atoms with Crippen LogP contribution in [0.2, 0.25) is 0 Å². The molecule has 1 aliphatic rings. The van der Waals surface area contributed by atoms with E-state index in [4.69, 9.17) is 14.5 Å². The molecule has 0 amide bonds. The van der Waals surface area contributed by atoms with Gasteiger partial charge < -0.3 is 25.0 Å². The molecule has 28 heavy (non-hydrogen) atoms. The van der Waals surface area contributed by atoms with Crippen molar-refractivity contribution in [3.8, 4) is 11.5 Å². The molecule has 1 saturated heterocycles. The van der Waals surface area contributed by atoms with Crippen molar-refractivity contribution in [1.29, 1.82) is 0 Å². The number of benzene rings is 1. The Morgan fingerprint density at radius 1 is 1.21 bits per heavy atom. The highest BCUT2D eigenvalue weighted by atomic mass is 127. The third kappa shape index (κ3) is 7.59. The summed E-state index contributed by atoms with van der Waals surface area (Å²) < 4.78 is 11.7. The van der Waals surface area contributed by atoms with Crippen molar-refractivity contribution in [2.24, 2.45) is 4.99 Å². The highest BCUT2D eigenvalue weighted by molar-refractivity contribution is 14.0. The number of ether oxygens (including phenoxy) is 2. The maximum Gasteiger partial charge on any atom is 0.191 e. The Hall–Kier alpha value is -0.740. The summed E-state index contributed by atoms with van der Waals surface area (Å²) in [7, 11) is 3.29. The first-order valence-corrected chi connectivity index (χ1v) is 10.6. The van der Waals surface area contributed by atoms with Crippen molar-refractivity contribution in [3.63, 3.8) is 0 Å². The molecule has 0 spiro atoms. The van der Waals surface area contributed by atoms with Crippen LogP contribution in [0.3, 0.4) is 0 Å². The van der Waals surface area contributed by atoms with Crippen LogP contribution in [0.15, 0.2) is 21.6 Å². The molecule has 2 N–H and O–H groups in total. The van der Waals surface area contributed by atoms with Gasteiger partial charge in [0.1, 0.15) is 0 Å². The zero-order chi connectivity index (χ0) is 19.6. The van der Waals surface area contributed by atoms with Crippen molar-refractivity contribution in [2.45, 2.75) is 45.7 Å². The van der Waals surface area contributed by atoms with E-state index in [2.05, 4.69) is 45.3 Å². The lowest BCUT2D eigenvalue weighted by Crippen LogP contribution is -2.48. The minimum atomic E-state index is 0. The SMILES string of the molecule is CCCN1CCC(NC(=NCc2cc(Br)c(OC)c(OC)c2)NCC)CC1.I. The van der Waals surface area contributed by atoms with Crippen LogP contribution in [0, 0.1) is 0 Å². The number of guanidine groups is 1. The van der Waals surface area contributed by atoms with E-state index >= 15 is 0 Å². The van der Waals surface area contributed by atoms with Gasteiger partial charge in [0.15, 0.2) is 17.5 Å². The lowest BCUT2D eigenvalue weighted by molar-refractivity contribution is 0.206. The quantitative estimate of drug-likeness (QED) is 0.282. The van der Waals surface area contributed by atoms with Gasteiger partial charge in [0.05, 0.1) is 25.2 Å². The molecule has 0 bridgehead atoms. The smallest absolute Gasteiger partial charge is 0.191 e. The van der Waals surface area contributed by atoms with E-state index in [1.54, 1.807) is 14.2 Å². The monoisotopic (exact) mass is 568 g/mol. The predicted octanol–water partition coefficient (Wildman–Crippen LogP) is 4.01. The molecule has 0 atom stereocenters. The Morgan fingerprint density at radius 2 is 1.93 bits per heavy atom. The van der Waals surface area contributed by atoms with E-state index in [1.807, 2.05) is 12.1 Å². The van der Waals surface area contributed by atoms with Gasteiger partial charge in [-0.25, -0.2) is 4.99 Å². The molecule has 0 aliphatic carbocycles. The summed E-state index contributed by atoms with van der Waals surface area (Å²) in [5.41, 5.74) is 1.06. The van der Waals surface area contributed by atoms with Gasteiger partial charge in [-0.05, 0) is 66.4 Å². The fourth-order valence-electron chi connectivity index (χ4n) is 3.36. The lowest BCUT2D eigenvalue weighted by atomic mass is 10.1. The second-order valence-corrected chi connectivity index (χ2v) is 7.62. The van der Waals surface area contributed by atoms with E-state index in [9.17, 15) is 0 Å². The molecule has 1 aromatic rings. The minimum Gasteiger partial charge on any atom is -0.493 e. The maximum absolute atomic E-state index is 5.42. The molecule has 1 fully saturated rings. The van der Waals surface area contributed by atoms with Gasteiger partial charge >= 0.3 is 0 Å². The Morgan fingerprint density at radius 3 is 2.50 bits per heavy atom. The molecule has 6 nitrogen and oxygen atoms in total. The zero-order valence-corrected chi connectivity index (χ0v) is 21.3. The van der Waals surface area contributed by atoms with Gasteiger partial charge in [0, 0.05) is 25.7 Å². The zero-order valence-electron chi connectivity index (χ0n) is 17.4. The van der Waals surface area contributed by atoms with Crippen molar-refractivity contribution < 1.29 is 9.47 Å². The average Bonchev–Trinajstić information content (AvgIpc) is 2.67. The van der Waals surface area contributed by atoms with Crippen molar-refractivity contribution >= 4 is 45.9 Å². The number of nitrogens with zero attached hydrogens (tertiary/aromatic N) is 2. The number of rotatable bonds is 8. The second-order valence-electron chi connectivity index (χ2n) is 6.77. The number of hydrogen-bond acceptors (Lipinski definition) is 4. The first kappa shape index (κ1) is 25.3. The summed E-state index contributed by atoms with van der Waals surface area (Å²) in [6.45, 7) is 9.27. The summed E-state index contributed by atoms with van der Waals surface area (Å²) in [4.78, 5) is 7.31. The molecule has 160 valence electrons. The summed E-state index contributed by atoms with van der Waals surface area (Å²) in [5.74, 6) is 2.28. The summed E-state index contributed by atoms with van der Waals surface area (Å²) in [6.07, 6.45) is 3.54. The molecule has 1 aromatic carbocycles. The predicted molar refractivity (Wildman–Crippen MR) is 130 cm³/mol. The molecular formula is C20H34BrIN4O2. The number of halogens is 2. The summed E-state index contributed by atoms with van der Waals surface area (Å²) in [6, 6.07) is 4.48. The van der Waals surface area contributed by atoms with Gasteiger partial charge in [-0.2, -0.15) is 0 Å². The largest absolute Gasteiger partial charge is 0.493 e. The number of nitrogens with one attached hydrogen (secondary N) is 2. The van der Waals surface area contributed by atoms with Gasteiger partial charge in [-0.1, -0.05) is 6.92 Å². The first-order valence-electron chi connectivity index (χ1n) is 9.78. The second kappa shape index (κ2) is 13.5.